The van der Waals surface area contributed by atoms with Crippen molar-refractivity contribution >= 4 is 49.4 Å². The lowest BCUT2D eigenvalue weighted by Gasteiger charge is -1.97. The number of anilines is 1. The molecule has 0 saturated carbocycles. The lowest BCUT2D eigenvalue weighted by molar-refractivity contribution is -0.111. The molecular formula is C20H14N2OS. The monoisotopic (exact) mass is 330 g/mol. The number of fused-ring (bicyclic) bond motifs is 3. The minimum absolute atomic E-state index is 0.179. The van der Waals surface area contributed by atoms with Crippen molar-refractivity contribution in [2.75, 3.05) is 5.32 Å². The summed E-state index contributed by atoms with van der Waals surface area (Å²) in [6.45, 7) is 0. The number of nitrogens with zero attached hydrogens (tertiary/aromatic N) is 1. The first-order chi connectivity index (χ1) is 11.8. The Hall–Kier alpha value is -2.98. The topological polar surface area (TPSA) is 42.0 Å². The van der Waals surface area contributed by atoms with Gasteiger partial charge in [0, 0.05) is 11.5 Å². The van der Waals surface area contributed by atoms with Gasteiger partial charge in [-0.1, -0.05) is 72.0 Å². The van der Waals surface area contributed by atoms with Gasteiger partial charge in [0.15, 0.2) is 5.13 Å². The van der Waals surface area contributed by atoms with Gasteiger partial charge in [-0.3, -0.25) is 10.1 Å². The van der Waals surface area contributed by atoms with Gasteiger partial charge in [0.1, 0.15) is 0 Å². The predicted molar refractivity (Wildman–Crippen MR) is 101 cm³/mol. The Morgan fingerprint density at radius 3 is 2.62 bits per heavy atom. The van der Waals surface area contributed by atoms with Gasteiger partial charge < -0.3 is 0 Å². The summed E-state index contributed by atoms with van der Waals surface area (Å²) >= 11 is 1.49. The number of benzene rings is 3. The van der Waals surface area contributed by atoms with Gasteiger partial charge in [-0.25, -0.2) is 4.98 Å². The fourth-order valence-electron chi connectivity index (χ4n) is 2.60. The Kier molecular flexibility index (Phi) is 3.81. The van der Waals surface area contributed by atoms with E-state index in [9.17, 15) is 4.79 Å². The van der Waals surface area contributed by atoms with Crippen LogP contribution in [0.25, 0.3) is 27.1 Å². The number of amides is 1. The van der Waals surface area contributed by atoms with Crippen molar-refractivity contribution in [3.8, 4) is 0 Å². The van der Waals surface area contributed by atoms with Crippen molar-refractivity contribution in [2.45, 2.75) is 0 Å². The number of hydrogen-bond acceptors (Lipinski definition) is 3. The fourth-order valence-corrected chi connectivity index (χ4v) is 3.48. The van der Waals surface area contributed by atoms with Crippen LogP contribution in [0.5, 0.6) is 0 Å². The maximum absolute atomic E-state index is 12.1. The molecule has 0 radical (unpaired) electrons. The second-order valence-electron chi connectivity index (χ2n) is 5.39. The van der Waals surface area contributed by atoms with Crippen LogP contribution in [0.4, 0.5) is 5.13 Å². The summed E-state index contributed by atoms with van der Waals surface area (Å²) in [4.78, 5) is 16.7. The zero-order valence-corrected chi connectivity index (χ0v) is 13.6. The first-order valence-corrected chi connectivity index (χ1v) is 8.44. The van der Waals surface area contributed by atoms with Gasteiger partial charge in [-0.2, -0.15) is 0 Å². The summed E-state index contributed by atoms with van der Waals surface area (Å²) in [5, 5.41) is 5.72. The molecule has 24 heavy (non-hydrogen) atoms. The van der Waals surface area contributed by atoms with Crippen molar-refractivity contribution in [1.82, 2.24) is 4.98 Å². The second kappa shape index (κ2) is 6.26. The van der Waals surface area contributed by atoms with E-state index in [0.717, 1.165) is 26.6 Å². The van der Waals surface area contributed by atoms with Crippen LogP contribution in [-0.2, 0) is 4.79 Å². The molecule has 0 spiro atoms. The van der Waals surface area contributed by atoms with Crippen LogP contribution in [0, 0.1) is 0 Å². The number of rotatable bonds is 3. The first-order valence-electron chi connectivity index (χ1n) is 7.62. The molecule has 116 valence electrons. The summed E-state index contributed by atoms with van der Waals surface area (Å²) in [6.07, 6.45) is 3.32. The Balaban J connectivity index is 1.59. The highest BCUT2D eigenvalue weighted by Crippen LogP contribution is 2.31. The molecule has 1 aromatic heterocycles. The molecule has 0 saturated heterocycles. The summed E-state index contributed by atoms with van der Waals surface area (Å²) in [7, 11) is 0. The lowest BCUT2D eigenvalue weighted by atomic mass is 10.1. The van der Waals surface area contributed by atoms with Crippen LogP contribution < -0.4 is 5.32 Å². The molecular weight excluding hydrogens is 316 g/mol. The molecule has 4 rings (SSSR count). The van der Waals surface area contributed by atoms with E-state index in [2.05, 4.69) is 28.5 Å². The normalized spacial score (nSPS) is 11.3. The maximum Gasteiger partial charge on any atom is 0.250 e. The smallest absolute Gasteiger partial charge is 0.250 e. The van der Waals surface area contributed by atoms with E-state index in [1.54, 1.807) is 6.08 Å². The summed E-state index contributed by atoms with van der Waals surface area (Å²) in [6, 6.07) is 22.0. The fraction of sp³-hybridized carbons (Fsp3) is 0. The molecule has 0 aliphatic rings. The number of hydrogen-bond donors (Lipinski definition) is 1. The molecule has 1 heterocycles. The van der Waals surface area contributed by atoms with Gasteiger partial charge in [0.25, 0.3) is 0 Å². The molecule has 3 nitrogen and oxygen atoms in total. The van der Waals surface area contributed by atoms with Crippen molar-refractivity contribution in [1.29, 1.82) is 0 Å². The van der Waals surface area contributed by atoms with E-state index in [0.29, 0.717) is 5.13 Å². The highest BCUT2D eigenvalue weighted by atomic mass is 32.1. The molecule has 1 N–H and O–H groups in total. The number of thiazole rings is 1. The molecule has 4 aromatic rings. The van der Waals surface area contributed by atoms with E-state index in [4.69, 9.17) is 0 Å². The lowest BCUT2D eigenvalue weighted by Crippen LogP contribution is -2.07. The molecule has 0 atom stereocenters. The third-order valence-corrected chi connectivity index (χ3v) is 4.68. The van der Waals surface area contributed by atoms with Crippen LogP contribution in [0.2, 0.25) is 0 Å². The Labute approximate surface area is 143 Å². The summed E-state index contributed by atoms with van der Waals surface area (Å²) in [5.41, 5.74) is 1.92. The standard InChI is InChI=1S/C20H14N2OS/c23-18(13-10-14-6-2-1-3-7-14)21-20-22-19-16-9-5-4-8-15(16)11-12-17(19)24-20/h1-13H,(H,21,22,23)/b13-10+. The Morgan fingerprint density at radius 1 is 0.958 bits per heavy atom. The molecule has 1 amide bonds. The molecule has 0 fully saturated rings. The number of carbonyl (C=O) groups excluding carboxylic acids is 1. The van der Waals surface area contributed by atoms with Crippen LogP contribution in [0.1, 0.15) is 5.56 Å². The third kappa shape index (κ3) is 2.92. The SMILES string of the molecule is O=C(/C=C/c1ccccc1)Nc1nc2c(ccc3ccccc32)s1. The molecule has 0 unspecified atom stereocenters. The average Bonchev–Trinajstić information content (AvgIpc) is 3.04. The first kappa shape index (κ1) is 14.6. The zero-order chi connectivity index (χ0) is 16.4. The van der Waals surface area contributed by atoms with Crippen LogP contribution in [0.3, 0.4) is 0 Å². The van der Waals surface area contributed by atoms with E-state index in [-0.39, 0.29) is 5.91 Å². The number of aromatic nitrogens is 1. The molecule has 0 aliphatic heterocycles. The van der Waals surface area contributed by atoms with Gasteiger partial charge in [0.05, 0.1) is 10.2 Å². The van der Waals surface area contributed by atoms with Crippen LogP contribution >= 0.6 is 11.3 Å². The Bertz CT molecular complexity index is 1050. The van der Waals surface area contributed by atoms with E-state index >= 15 is 0 Å². The molecule has 0 aliphatic carbocycles. The van der Waals surface area contributed by atoms with Crippen molar-refractivity contribution in [3.05, 3.63) is 78.4 Å². The average molecular weight is 330 g/mol. The largest absolute Gasteiger partial charge is 0.298 e. The number of nitrogens with one attached hydrogen (secondary N) is 1. The van der Waals surface area contributed by atoms with Gasteiger partial charge in [0.2, 0.25) is 5.91 Å². The van der Waals surface area contributed by atoms with Crippen molar-refractivity contribution in [2.24, 2.45) is 0 Å². The quantitative estimate of drug-likeness (QED) is 0.531. The van der Waals surface area contributed by atoms with Crippen LogP contribution in [-0.4, -0.2) is 10.9 Å². The van der Waals surface area contributed by atoms with Gasteiger partial charge in [-0.05, 0) is 23.1 Å². The van der Waals surface area contributed by atoms with Crippen molar-refractivity contribution < 1.29 is 4.79 Å². The Morgan fingerprint density at radius 2 is 1.75 bits per heavy atom. The van der Waals surface area contributed by atoms with E-state index in [1.165, 1.54) is 17.4 Å². The minimum Gasteiger partial charge on any atom is -0.298 e. The summed E-state index contributed by atoms with van der Waals surface area (Å²) < 4.78 is 1.07. The predicted octanol–water partition coefficient (Wildman–Crippen LogP) is 5.10. The zero-order valence-electron chi connectivity index (χ0n) is 12.8. The van der Waals surface area contributed by atoms with E-state index in [1.807, 2.05) is 48.5 Å². The third-order valence-electron chi connectivity index (χ3n) is 3.74. The van der Waals surface area contributed by atoms with E-state index < -0.39 is 0 Å². The van der Waals surface area contributed by atoms with Gasteiger partial charge >= 0.3 is 0 Å². The maximum atomic E-state index is 12.1. The number of carbonyl (C=O) groups is 1. The van der Waals surface area contributed by atoms with Crippen LogP contribution in [0.15, 0.2) is 72.8 Å². The highest BCUT2D eigenvalue weighted by molar-refractivity contribution is 7.22. The minimum atomic E-state index is -0.179. The molecule has 3 aromatic carbocycles. The van der Waals surface area contributed by atoms with Gasteiger partial charge in [-0.15, -0.1) is 0 Å². The second-order valence-corrected chi connectivity index (χ2v) is 6.42. The molecule has 4 heteroatoms. The van der Waals surface area contributed by atoms with Crippen molar-refractivity contribution in [3.63, 3.8) is 0 Å². The molecule has 0 bridgehead atoms. The highest BCUT2D eigenvalue weighted by Gasteiger charge is 2.08. The summed E-state index contributed by atoms with van der Waals surface area (Å²) in [5.74, 6) is -0.179.